The van der Waals surface area contributed by atoms with E-state index >= 15 is 0 Å². The highest BCUT2D eigenvalue weighted by atomic mass is 16.5. The summed E-state index contributed by atoms with van der Waals surface area (Å²) in [6, 6.07) is 34.0. The molecule has 0 bridgehead atoms. The van der Waals surface area contributed by atoms with Crippen LogP contribution in [0.1, 0.15) is 34.9 Å². The van der Waals surface area contributed by atoms with Gasteiger partial charge >= 0.3 is 0 Å². The van der Waals surface area contributed by atoms with Gasteiger partial charge in [0.25, 0.3) is 0 Å². The van der Waals surface area contributed by atoms with Gasteiger partial charge in [-0.2, -0.15) is 4.98 Å². The van der Waals surface area contributed by atoms with Crippen molar-refractivity contribution < 1.29 is 9.26 Å². The Morgan fingerprint density at radius 2 is 1.59 bits per heavy atom. The Kier molecular flexibility index (Phi) is 7.06. The van der Waals surface area contributed by atoms with E-state index in [0.717, 1.165) is 37.9 Å². The van der Waals surface area contributed by atoms with Crippen LogP contribution < -0.4 is 5.32 Å². The first kappa shape index (κ1) is 23.6. The van der Waals surface area contributed by atoms with Gasteiger partial charge < -0.3 is 14.6 Å². The first-order valence-corrected chi connectivity index (χ1v) is 13.1. The van der Waals surface area contributed by atoms with Crippen molar-refractivity contribution in [2.24, 2.45) is 0 Å². The molecular formula is C32H31N3O2. The highest BCUT2D eigenvalue weighted by Gasteiger charge is 2.27. The Balaban J connectivity index is 1.07. The van der Waals surface area contributed by atoms with E-state index in [2.05, 4.69) is 82.2 Å². The first-order valence-electron chi connectivity index (χ1n) is 13.1. The largest absolute Gasteiger partial charge is 0.372 e. The number of ether oxygens (including phenoxy) is 1. The number of aromatic nitrogens is 2. The molecule has 186 valence electrons. The lowest BCUT2D eigenvalue weighted by Gasteiger charge is -2.32. The normalized spacial score (nSPS) is 17.7. The van der Waals surface area contributed by atoms with Gasteiger partial charge in [0, 0.05) is 24.4 Å². The molecule has 5 heteroatoms. The molecule has 1 aliphatic rings. The third-order valence-corrected chi connectivity index (χ3v) is 7.24. The molecular weight excluding hydrogens is 458 g/mol. The van der Waals surface area contributed by atoms with Crippen LogP contribution >= 0.6 is 0 Å². The van der Waals surface area contributed by atoms with Crippen molar-refractivity contribution in [3.8, 4) is 11.4 Å². The quantitative estimate of drug-likeness (QED) is 0.276. The summed E-state index contributed by atoms with van der Waals surface area (Å²) in [5.74, 6) is 1.70. The maximum Gasteiger partial charge on any atom is 0.227 e. The van der Waals surface area contributed by atoms with Crippen LogP contribution in [0.5, 0.6) is 0 Å². The molecule has 1 saturated heterocycles. The molecule has 2 heterocycles. The van der Waals surface area contributed by atoms with Crippen LogP contribution in [0.3, 0.4) is 0 Å². The maximum absolute atomic E-state index is 6.47. The van der Waals surface area contributed by atoms with Crippen LogP contribution in [-0.2, 0) is 24.2 Å². The van der Waals surface area contributed by atoms with Crippen molar-refractivity contribution in [1.82, 2.24) is 15.5 Å². The lowest BCUT2D eigenvalue weighted by atomic mass is 9.87. The molecule has 0 radical (unpaired) electrons. The smallest absolute Gasteiger partial charge is 0.227 e. The van der Waals surface area contributed by atoms with Crippen molar-refractivity contribution in [1.29, 1.82) is 0 Å². The molecule has 0 saturated carbocycles. The Morgan fingerprint density at radius 1 is 0.811 bits per heavy atom. The van der Waals surface area contributed by atoms with E-state index in [1.807, 2.05) is 30.3 Å². The van der Waals surface area contributed by atoms with Crippen molar-refractivity contribution in [3.05, 3.63) is 120 Å². The minimum absolute atomic E-state index is 0.154. The van der Waals surface area contributed by atoms with Crippen molar-refractivity contribution in [3.63, 3.8) is 0 Å². The monoisotopic (exact) mass is 489 g/mol. The van der Waals surface area contributed by atoms with Gasteiger partial charge in [0.15, 0.2) is 0 Å². The van der Waals surface area contributed by atoms with Crippen LogP contribution in [0, 0.1) is 0 Å². The number of nitrogens with zero attached hydrogens (tertiary/aromatic N) is 2. The zero-order chi connectivity index (χ0) is 24.9. The van der Waals surface area contributed by atoms with E-state index in [4.69, 9.17) is 9.26 Å². The van der Waals surface area contributed by atoms with E-state index in [0.29, 0.717) is 24.2 Å². The lowest BCUT2D eigenvalue weighted by molar-refractivity contribution is 0.0106. The van der Waals surface area contributed by atoms with Crippen LogP contribution in [0.4, 0.5) is 0 Å². The summed E-state index contributed by atoms with van der Waals surface area (Å²) in [6.45, 7) is 2.52. The second-order valence-corrected chi connectivity index (χ2v) is 9.75. The number of aryl methyl sites for hydroxylation is 2. The number of hydrogen-bond acceptors (Lipinski definition) is 5. The zero-order valence-corrected chi connectivity index (χ0v) is 20.8. The molecule has 2 unspecified atom stereocenters. The molecule has 0 aliphatic carbocycles. The number of nitrogens with one attached hydrogen (secondary N) is 1. The third kappa shape index (κ3) is 5.63. The predicted molar refractivity (Wildman–Crippen MR) is 146 cm³/mol. The van der Waals surface area contributed by atoms with Crippen LogP contribution in [0.25, 0.3) is 22.2 Å². The van der Waals surface area contributed by atoms with Gasteiger partial charge in [-0.05, 0) is 52.9 Å². The number of benzene rings is 4. The van der Waals surface area contributed by atoms with Gasteiger partial charge in [0.05, 0.1) is 12.7 Å². The number of hydrogen-bond donors (Lipinski definition) is 1. The Labute approximate surface area is 217 Å². The van der Waals surface area contributed by atoms with E-state index in [1.54, 1.807) is 0 Å². The van der Waals surface area contributed by atoms with E-state index in [9.17, 15) is 0 Å². The molecule has 1 N–H and O–H groups in total. The molecule has 37 heavy (non-hydrogen) atoms. The molecule has 0 spiro atoms. The molecule has 5 nitrogen and oxygen atoms in total. The van der Waals surface area contributed by atoms with E-state index < -0.39 is 0 Å². The number of fused-ring (bicyclic) bond motifs is 1. The molecule has 4 aromatic carbocycles. The van der Waals surface area contributed by atoms with Crippen molar-refractivity contribution in [2.75, 3.05) is 13.1 Å². The zero-order valence-electron chi connectivity index (χ0n) is 20.8. The average Bonchev–Trinajstić information content (AvgIpc) is 3.45. The standard InChI is InChI=1S/C32H31N3O2/c1-2-7-27(8-3-1)32-34-31(37-35-32)17-13-23-10-15-26(16-11-23)29-18-19-33-21-30(29)36-22-24-12-14-25-6-4-5-9-28(25)20-24/h1-12,14-16,20,29-30,33H,13,17-19,21-22H2. The molecule has 5 aromatic rings. The second kappa shape index (κ2) is 11.1. The summed E-state index contributed by atoms with van der Waals surface area (Å²) in [6.07, 6.45) is 2.82. The molecule has 6 rings (SSSR count). The highest BCUT2D eigenvalue weighted by molar-refractivity contribution is 5.82. The SMILES string of the molecule is c1ccc(-c2noc(CCc3ccc(C4CCNCC4OCc4ccc5ccccc5c4)cc3)n2)cc1. The molecule has 1 aliphatic heterocycles. The third-order valence-electron chi connectivity index (χ3n) is 7.24. The van der Waals surface area contributed by atoms with E-state index in [-0.39, 0.29) is 6.10 Å². The Bertz CT molecular complexity index is 1450. The molecule has 2 atom stereocenters. The lowest BCUT2D eigenvalue weighted by Crippen LogP contribution is -2.40. The van der Waals surface area contributed by atoms with Gasteiger partial charge in [-0.25, -0.2) is 0 Å². The Morgan fingerprint density at radius 3 is 2.46 bits per heavy atom. The van der Waals surface area contributed by atoms with Crippen molar-refractivity contribution in [2.45, 2.75) is 37.9 Å². The summed E-state index contributed by atoms with van der Waals surface area (Å²) in [4.78, 5) is 4.56. The fourth-order valence-corrected chi connectivity index (χ4v) is 5.16. The summed E-state index contributed by atoms with van der Waals surface area (Å²) >= 11 is 0. The minimum Gasteiger partial charge on any atom is -0.372 e. The first-order chi connectivity index (χ1) is 18.3. The Hall–Kier alpha value is -3.80. The van der Waals surface area contributed by atoms with E-state index in [1.165, 1.54) is 27.5 Å². The summed E-state index contributed by atoms with van der Waals surface area (Å²) in [5.41, 5.74) is 4.81. The van der Waals surface area contributed by atoms with Gasteiger partial charge in [0.2, 0.25) is 11.7 Å². The summed E-state index contributed by atoms with van der Waals surface area (Å²) in [7, 11) is 0. The number of rotatable bonds is 8. The number of piperidine rings is 1. The molecule has 1 aromatic heterocycles. The predicted octanol–water partition coefficient (Wildman–Crippen LogP) is 6.34. The van der Waals surface area contributed by atoms with Crippen LogP contribution in [-0.4, -0.2) is 29.3 Å². The highest BCUT2D eigenvalue weighted by Crippen LogP contribution is 2.29. The van der Waals surface area contributed by atoms with Crippen LogP contribution in [0.2, 0.25) is 0 Å². The average molecular weight is 490 g/mol. The topological polar surface area (TPSA) is 60.2 Å². The maximum atomic E-state index is 6.47. The van der Waals surface area contributed by atoms with Gasteiger partial charge in [-0.15, -0.1) is 0 Å². The molecule has 0 amide bonds. The summed E-state index contributed by atoms with van der Waals surface area (Å²) in [5, 5.41) is 10.2. The van der Waals surface area contributed by atoms with Crippen molar-refractivity contribution >= 4 is 10.8 Å². The summed E-state index contributed by atoms with van der Waals surface area (Å²) < 4.78 is 11.9. The second-order valence-electron chi connectivity index (χ2n) is 9.75. The van der Waals surface area contributed by atoms with Crippen LogP contribution in [0.15, 0.2) is 102 Å². The fraction of sp³-hybridized carbons (Fsp3) is 0.250. The van der Waals surface area contributed by atoms with Gasteiger partial charge in [-0.3, -0.25) is 0 Å². The van der Waals surface area contributed by atoms with Gasteiger partial charge in [-0.1, -0.05) is 96.2 Å². The minimum atomic E-state index is 0.154. The molecule has 1 fully saturated rings. The van der Waals surface area contributed by atoms with Gasteiger partial charge in [0.1, 0.15) is 0 Å². The fourth-order valence-electron chi connectivity index (χ4n) is 5.16.